The second-order valence-electron chi connectivity index (χ2n) is 7.51. The largest absolute Gasteiger partial charge is 0.497 e. The van der Waals surface area contributed by atoms with Crippen molar-refractivity contribution in [2.45, 2.75) is 24.0 Å². The zero-order valence-corrected chi connectivity index (χ0v) is 18.4. The van der Waals surface area contributed by atoms with Gasteiger partial charge in [0, 0.05) is 12.2 Å². The number of carbonyl (C=O) groups is 1. The monoisotopic (exact) mass is 437 g/mol. The molecule has 2 aromatic carbocycles. The van der Waals surface area contributed by atoms with Crippen LogP contribution in [0.3, 0.4) is 0 Å². The Bertz CT molecular complexity index is 971. The second-order valence-corrected chi connectivity index (χ2v) is 8.45. The van der Waals surface area contributed by atoms with E-state index in [1.54, 1.807) is 13.4 Å². The SMILES string of the molecule is COc1ccc(-n2cnnc2SCC(=O)NC(CN2CCCC2)c2ccccc2)cc1. The quantitative estimate of drug-likeness (QED) is 0.518. The van der Waals surface area contributed by atoms with Crippen LogP contribution in [0.15, 0.2) is 66.1 Å². The number of thioether (sulfide) groups is 1. The first kappa shape index (κ1) is 21.4. The third-order valence-electron chi connectivity index (χ3n) is 5.38. The summed E-state index contributed by atoms with van der Waals surface area (Å²) in [6.45, 7) is 3.03. The van der Waals surface area contributed by atoms with Gasteiger partial charge in [-0.1, -0.05) is 42.1 Å². The molecule has 2 heterocycles. The average Bonchev–Trinajstić information content (AvgIpc) is 3.50. The minimum absolute atomic E-state index is 0.0117. The van der Waals surface area contributed by atoms with Crippen LogP contribution in [0.25, 0.3) is 5.69 Å². The predicted octanol–water partition coefficient (Wildman–Crippen LogP) is 3.32. The van der Waals surface area contributed by atoms with Gasteiger partial charge in [-0.2, -0.15) is 0 Å². The fourth-order valence-corrected chi connectivity index (χ4v) is 4.49. The molecule has 162 valence electrons. The molecule has 3 aromatic rings. The van der Waals surface area contributed by atoms with Gasteiger partial charge in [0.15, 0.2) is 5.16 Å². The summed E-state index contributed by atoms with van der Waals surface area (Å²) in [5, 5.41) is 12.1. The number of nitrogens with one attached hydrogen (secondary N) is 1. The molecular weight excluding hydrogens is 410 g/mol. The zero-order valence-electron chi connectivity index (χ0n) is 17.6. The lowest BCUT2D eigenvalue weighted by Crippen LogP contribution is -2.37. The molecule has 0 radical (unpaired) electrons. The van der Waals surface area contributed by atoms with Crippen molar-refractivity contribution in [3.63, 3.8) is 0 Å². The molecule has 1 atom stereocenters. The first-order chi connectivity index (χ1) is 15.2. The molecule has 1 N–H and O–H groups in total. The van der Waals surface area contributed by atoms with Crippen molar-refractivity contribution < 1.29 is 9.53 Å². The van der Waals surface area contributed by atoms with Gasteiger partial charge < -0.3 is 15.0 Å². The van der Waals surface area contributed by atoms with Crippen LogP contribution in [-0.4, -0.2) is 58.1 Å². The molecule has 1 unspecified atom stereocenters. The van der Waals surface area contributed by atoms with E-state index in [1.165, 1.54) is 24.6 Å². The van der Waals surface area contributed by atoms with Crippen molar-refractivity contribution in [1.82, 2.24) is 25.0 Å². The van der Waals surface area contributed by atoms with Crippen molar-refractivity contribution in [3.05, 3.63) is 66.5 Å². The molecule has 1 aromatic heterocycles. The summed E-state index contributed by atoms with van der Waals surface area (Å²) in [6, 6.07) is 17.8. The van der Waals surface area contributed by atoms with Gasteiger partial charge in [-0.3, -0.25) is 9.36 Å². The fourth-order valence-electron chi connectivity index (χ4n) is 3.75. The van der Waals surface area contributed by atoms with E-state index in [4.69, 9.17) is 4.74 Å². The van der Waals surface area contributed by atoms with E-state index in [9.17, 15) is 4.79 Å². The summed E-state index contributed by atoms with van der Waals surface area (Å²) in [5.74, 6) is 1.05. The van der Waals surface area contributed by atoms with E-state index in [-0.39, 0.29) is 17.7 Å². The maximum absolute atomic E-state index is 12.8. The van der Waals surface area contributed by atoms with Crippen LogP contribution in [0.4, 0.5) is 0 Å². The van der Waals surface area contributed by atoms with Crippen molar-refractivity contribution >= 4 is 17.7 Å². The predicted molar refractivity (Wildman–Crippen MR) is 122 cm³/mol. The number of ether oxygens (including phenoxy) is 1. The highest BCUT2D eigenvalue weighted by atomic mass is 32.2. The zero-order chi connectivity index (χ0) is 21.5. The Hall–Kier alpha value is -2.84. The van der Waals surface area contributed by atoms with Gasteiger partial charge in [-0.25, -0.2) is 0 Å². The van der Waals surface area contributed by atoms with Crippen molar-refractivity contribution in [1.29, 1.82) is 0 Å². The normalized spacial score (nSPS) is 15.0. The Morgan fingerprint density at radius 1 is 1.13 bits per heavy atom. The fraction of sp³-hybridized carbons (Fsp3) is 0.348. The van der Waals surface area contributed by atoms with Gasteiger partial charge in [0.2, 0.25) is 5.91 Å². The first-order valence-electron chi connectivity index (χ1n) is 10.5. The summed E-state index contributed by atoms with van der Waals surface area (Å²) in [4.78, 5) is 15.2. The highest BCUT2D eigenvalue weighted by Crippen LogP contribution is 2.22. The first-order valence-corrected chi connectivity index (χ1v) is 11.5. The lowest BCUT2D eigenvalue weighted by atomic mass is 10.1. The Morgan fingerprint density at radius 3 is 2.58 bits per heavy atom. The van der Waals surface area contributed by atoms with Crippen LogP contribution in [0.2, 0.25) is 0 Å². The van der Waals surface area contributed by atoms with Crippen LogP contribution >= 0.6 is 11.8 Å². The average molecular weight is 438 g/mol. The van der Waals surface area contributed by atoms with Gasteiger partial charge in [0.05, 0.1) is 18.9 Å². The minimum Gasteiger partial charge on any atom is -0.497 e. The second kappa shape index (κ2) is 10.5. The number of nitrogens with zero attached hydrogens (tertiary/aromatic N) is 4. The molecule has 4 rings (SSSR count). The Kier molecular flexibility index (Phi) is 7.22. The lowest BCUT2D eigenvalue weighted by Gasteiger charge is -2.25. The third-order valence-corrected chi connectivity index (χ3v) is 6.32. The third kappa shape index (κ3) is 5.65. The molecule has 7 nitrogen and oxygen atoms in total. The highest BCUT2D eigenvalue weighted by Gasteiger charge is 2.21. The van der Waals surface area contributed by atoms with E-state index in [1.807, 2.05) is 47.0 Å². The van der Waals surface area contributed by atoms with Crippen molar-refractivity contribution in [2.75, 3.05) is 32.5 Å². The molecule has 0 saturated carbocycles. The standard InChI is InChI=1S/C23H27N5O2S/c1-30-20-11-9-19(10-12-20)28-17-24-26-23(28)31-16-22(29)25-21(15-27-13-5-6-14-27)18-7-3-2-4-8-18/h2-4,7-12,17,21H,5-6,13-16H2,1H3,(H,25,29). The van der Waals surface area contributed by atoms with Crippen LogP contribution < -0.4 is 10.1 Å². The number of carbonyl (C=O) groups excluding carboxylic acids is 1. The topological polar surface area (TPSA) is 72.3 Å². The van der Waals surface area contributed by atoms with Gasteiger partial charge >= 0.3 is 0 Å². The van der Waals surface area contributed by atoms with E-state index in [0.29, 0.717) is 5.16 Å². The van der Waals surface area contributed by atoms with Gasteiger partial charge in [0.1, 0.15) is 12.1 Å². The molecule has 1 saturated heterocycles. The number of aromatic nitrogens is 3. The highest BCUT2D eigenvalue weighted by molar-refractivity contribution is 7.99. The summed E-state index contributed by atoms with van der Waals surface area (Å²) >= 11 is 1.38. The van der Waals surface area contributed by atoms with Crippen LogP contribution in [-0.2, 0) is 4.79 Å². The Morgan fingerprint density at radius 2 is 1.87 bits per heavy atom. The van der Waals surface area contributed by atoms with Crippen LogP contribution in [0.5, 0.6) is 5.75 Å². The number of benzene rings is 2. The molecule has 1 fully saturated rings. The molecule has 0 spiro atoms. The number of rotatable bonds is 9. The lowest BCUT2D eigenvalue weighted by molar-refractivity contribution is -0.119. The minimum atomic E-state index is -0.0214. The molecule has 0 bridgehead atoms. The van der Waals surface area contributed by atoms with Crippen LogP contribution in [0.1, 0.15) is 24.4 Å². The molecule has 31 heavy (non-hydrogen) atoms. The van der Waals surface area contributed by atoms with Gasteiger partial charge in [0.25, 0.3) is 0 Å². The van der Waals surface area contributed by atoms with Crippen LogP contribution in [0, 0.1) is 0 Å². The Labute approximate surface area is 186 Å². The maximum Gasteiger partial charge on any atom is 0.231 e. The number of amides is 1. The Balaban J connectivity index is 1.39. The van der Waals surface area contributed by atoms with Gasteiger partial charge in [-0.05, 0) is 55.8 Å². The number of likely N-dealkylation sites (tertiary alicyclic amines) is 1. The molecule has 0 aliphatic carbocycles. The molecule has 1 aliphatic rings. The maximum atomic E-state index is 12.8. The number of methoxy groups -OCH3 is 1. The van der Waals surface area contributed by atoms with Crippen molar-refractivity contribution in [3.8, 4) is 11.4 Å². The smallest absolute Gasteiger partial charge is 0.231 e. The van der Waals surface area contributed by atoms with Crippen molar-refractivity contribution in [2.24, 2.45) is 0 Å². The van der Waals surface area contributed by atoms with E-state index in [2.05, 4.69) is 32.5 Å². The van der Waals surface area contributed by atoms with E-state index < -0.39 is 0 Å². The summed E-state index contributed by atoms with van der Waals surface area (Å²) in [5.41, 5.74) is 2.05. The van der Waals surface area contributed by atoms with Gasteiger partial charge in [-0.15, -0.1) is 10.2 Å². The molecule has 8 heteroatoms. The van der Waals surface area contributed by atoms with E-state index in [0.717, 1.165) is 36.6 Å². The number of hydrogen-bond acceptors (Lipinski definition) is 6. The van der Waals surface area contributed by atoms with E-state index >= 15 is 0 Å². The summed E-state index contributed by atoms with van der Waals surface area (Å²) in [6.07, 6.45) is 4.11. The molecule has 1 amide bonds. The summed E-state index contributed by atoms with van der Waals surface area (Å²) < 4.78 is 7.09. The molecule has 1 aliphatic heterocycles. The number of hydrogen-bond donors (Lipinski definition) is 1. The molecular formula is C23H27N5O2S. The summed E-state index contributed by atoms with van der Waals surface area (Å²) in [7, 11) is 1.64.